The summed E-state index contributed by atoms with van der Waals surface area (Å²) >= 11 is 0. The molecule has 2 amide bonds. The number of hydrogen-bond donors (Lipinski definition) is 3. The third-order valence-electron chi connectivity index (χ3n) is 4.39. The molecular weight excluding hydrogens is 354 g/mol. The molecule has 1 aromatic heterocycles. The predicted octanol–water partition coefficient (Wildman–Crippen LogP) is 4.47. The average molecular weight is 381 g/mol. The van der Waals surface area contributed by atoms with Crippen LogP contribution in [0, 0.1) is 0 Å². The number of ether oxygens (including phenoxy) is 2. The van der Waals surface area contributed by atoms with Crippen molar-refractivity contribution in [1.82, 2.24) is 10.3 Å². The summed E-state index contributed by atoms with van der Waals surface area (Å²) in [6.07, 6.45) is 2.69. The lowest BCUT2D eigenvalue weighted by Crippen LogP contribution is -2.30. The van der Waals surface area contributed by atoms with E-state index in [1.165, 1.54) is 0 Å². The molecule has 0 fully saturated rings. The maximum atomic E-state index is 12.2. The fourth-order valence-corrected chi connectivity index (χ4v) is 3.14. The van der Waals surface area contributed by atoms with Crippen molar-refractivity contribution in [2.45, 2.75) is 26.9 Å². The van der Waals surface area contributed by atoms with Crippen LogP contribution in [0.5, 0.6) is 5.75 Å². The molecule has 6 heteroatoms. The maximum Gasteiger partial charge on any atom is 0.319 e. The second-order valence-electron chi connectivity index (χ2n) is 6.39. The molecule has 0 atom stereocenters. The highest BCUT2D eigenvalue weighted by Gasteiger charge is 2.10. The summed E-state index contributed by atoms with van der Waals surface area (Å²) in [4.78, 5) is 15.5. The Morgan fingerprint density at radius 3 is 2.79 bits per heavy atom. The van der Waals surface area contributed by atoms with Gasteiger partial charge in [-0.2, -0.15) is 0 Å². The van der Waals surface area contributed by atoms with Crippen LogP contribution in [0.3, 0.4) is 0 Å². The number of aromatic amines is 1. The van der Waals surface area contributed by atoms with Gasteiger partial charge in [-0.3, -0.25) is 0 Å². The van der Waals surface area contributed by atoms with E-state index in [1.54, 1.807) is 0 Å². The van der Waals surface area contributed by atoms with E-state index >= 15 is 0 Å². The van der Waals surface area contributed by atoms with Crippen LogP contribution >= 0.6 is 0 Å². The molecule has 0 radical (unpaired) electrons. The Morgan fingerprint density at radius 2 is 1.96 bits per heavy atom. The highest BCUT2D eigenvalue weighted by molar-refractivity contribution is 5.90. The molecule has 0 aliphatic heterocycles. The van der Waals surface area contributed by atoms with Gasteiger partial charge in [-0.25, -0.2) is 4.79 Å². The Kier molecular flexibility index (Phi) is 6.92. The normalized spacial score (nSPS) is 10.8. The zero-order valence-electron chi connectivity index (χ0n) is 16.4. The largest absolute Gasteiger partial charge is 0.493 e. The van der Waals surface area contributed by atoms with Crippen molar-refractivity contribution in [1.29, 1.82) is 0 Å². The summed E-state index contributed by atoms with van der Waals surface area (Å²) in [5.74, 6) is 0.867. The fraction of sp³-hybridized carbons (Fsp3) is 0.318. The van der Waals surface area contributed by atoms with E-state index in [2.05, 4.69) is 15.6 Å². The summed E-state index contributed by atoms with van der Waals surface area (Å²) in [7, 11) is 0. The van der Waals surface area contributed by atoms with Gasteiger partial charge in [0.05, 0.1) is 13.2 Å². The molecule has 0 saturated heterocycles. The SMILES string of the molecule is CCOCc1cccc(NC(=O)NCCc2c[nH]c3cccc(OCC)c23)c1. The number of hydrogen-bond acceptors (Lipinski definition) is 3. The molecule has 0 unspecified atom stereocenters. The third kappa shape index (κ3) is 5.04. The first-order valence-corrected chi connectivity index (χ1v) is 9.64. The topological polar surface area (TPSA) is 75.4 Å². The van der Waals surface area contributed by atoms with E-state index in [1.807, 2.05) is 62.5 Å². The standard InChI is InChI=1S/C22H27N3O3/c1-3-27-15-16-7-5-8-18(13-16)25-22(26)23-12-11-17-14-24-19-9-6-10-20(21(17)19)28-4-2/h5-10,13-14,24H,3-4,11-12,15H2,1-2H3,(H2,23,25,26). The van der Waals surface area contributed by atoms with Gasteiger partial charge in [-0.05, 0) is 55.7 Å². The molecule has 0 aliphatic carbocycles. The number of anilines is 1. The van der Waals surface area contributed by atoms with Gasteiger partial charge in [0.1, 0.15) is 5.75 Å². The van der Waals surface area contributed by atoms with Crippen LogP contribution in [-0.2, 0) is 17.8 Å². The summed E-state index contributed by atoms with van der Waals surface area (Å²) in [6, 6.07) is 13.4. The van der Waals surface area contributed by atoms with E-state index in [0.717, 1.165) is 33.5 Å². The maximum absolute atomic E-state index is 12.2. The number of nitrogens with one attached hydrogen (secondary N) is 3. The summed E-state index contributed by atoms with van der Waals surface area (Å²) in [5.41, 5.74) is 3.94. The molecule has 1 heterocycles. The zero-order valence-corrected chi connectivity index (χ0v) is 16.4. The van der Waals surface area contributed by atoms with Crippen LogP contribution < -0.4 is 15.4 Å². The molecule has 2 aromatic carbocycles. The number of carbonyl (C=O) groups is 1. The van der Waals surface area contributed by atoms with Crippen molar-refractivity contribution in [3.05, 3.63) is 59.8 Å². The molecule has 0 saturated carbocycles. The Labute approximate surface area is 165 Å². The molecule has 0 bridgehead atoms. The van der Waals surface area contributed by atoms with Gasteiger partial charge in [-0.1, -0.05) is 18.2 Å². The lowest BCUT2D eigenvalue weighted by Gasteiger charge is -2.10. The Hall–Kier alpha value is -2.99. The summed E-state index contributed by atoms with van der Waals surface area (Å²) in [5, 5.41) is 6.86. The number of amides is 2. The molecule has 0 spiro atoms. The van der Waals surface area contributed by atoms with Crippen molar-refractivity contribution in [2.24, 2.45) is 0 Å². The lowest BCUT2D eigenvalue weighted by atomic mass is 10.1. The first-order chi connectivity index (χ1) is 13.7. The Balaban J connectivity index is 1.55. The zero-order chi connectivity index (χ0) is 19.8. The highest BCUT2D eigenvalue weighted by atomic mass is 16.5. The van der Waals surface area contributed by atoms with Crippen LogP contribution in [0.2, 0.25) is 0 Å². The molecule has 148 valence electrons. The summed E-state index contributed by atoms with van der Waals surface area (Å²) in [6.45, 7) is 6.28. The quantitative estimate of drug-likeness (QED) is 0.512. The van der Waals surface area contributed by atoms with Crippen LogP contribution in [0.25, 0.3) is 10.9 Å². The van der Waals surface area contributed by atoms with Crippen LogP contribution in [0.4, 0.5) is 10.5 Å². The van der Waals surface area contributed by atoms with E-state index in [9.17, 15) is 4.79 Å². The van der Waals surface area contributed by atoms with E-state index in [-0.39, 0.29) is 6.03 Å². The smallest absolute Gasteiger partial charge is 0.319 e. The van der Waals surface area contributed by atoms with Gasteiger partial charge in [0.25, 0.3) is 0 Å². The Bertz CT molecular complexity index is 920. The van der Waals surface area contributed by atoms with Gasteiger partial charge < -0.3 is 25.1 Å². The number of fused-ring (bicyclic) bond motifs is 1. The van der Waals surface area contributed by atoms with E-state index < -0.39 is 0 Å². The van der Waals surface area contributed by atoms with E-state index in [0.29, 0.717) is 32.8 Å². The van der Waals surface area contributed by atoms with Crippen molar-refractivity contribution in [2.75, 3.05) is 25.1 Å². The van der Waals surface area contributed by atoms with Crippen molar-refractivity contribution in [3.63, 3.8) is 0 Å². The second-order valence-corrected chi connectivity index (χ2v) is 6.39. The average Bonchev–Trinajstić information content (AvgIpc) is 3.11. The minimum absolute atomic E-state index is 0.224. The molecule has 0 aliphatic rings. The van der Waals surface area contributed by atoms with Gasteiger partial charge in [0.2, 0.25) is 0 Å². The number of H-pyrrole nitrogens is 1. The predicted molar refractivity (Wildman–Crippen MR) is 112 cm³/mol. The minimum atomic E-state index is -0.224. The summed E-state index contributed by atoms with van der Waals surface area (Å²) < 4.78 is 11.1. The molecule has 3 rings (SSSR count). The molecule has 3 aromatic rings. The van der Waals surface area contributed by atoms with Crippen LogP contribution in [0.1, 0.15) is 25.0 Å². The van der Waals surface area contributed by atoms with Crippen molar-refractivity contribution in [3.8, 4) is 5.75 Å². The van der Waals surface area contributed by atoms with Crippen LogP contribution in [0.15, 0.2) is 48.7 Å². The van der Waals surface area contributed by atoms with E-state index in [4.69, 9.17) is 9.47 Å². The van der Waals surface area contributed by atoms with Gasteiger partial charge in [0.15, 0.2) is 0 Å². The molecule has 28 heavy (non-hydrogen) atoms. The monoisotopic (exact) mass is 381 g/mol. The van der Waals surface area contributed by atoms with Gasteiger partial charge in [-0.15, -0.1) is 0 Å². The molecule has 6 nitrogen and oxygen atoms in total. The first kappa shape index (κ1) is 19.8. The van der Waals surface area contributed by atoms with Crippen molar-refractivity contribution < 1.29 is 14.3 Å². The lowest BCUT2D eigenvalue weighted by molar-refractivity contribution is 0.134. The molecule has 3 N–H and O–H groups in total. The number of urea groups is 1. The third-order valence-corrected chi connectivity index (χ3v) is 4.39. The number of rotatable bonds is 9. The number of aromatic nitrogens is 1. The number of benzene rings is 2. The van der Waals surface area contributed by atoms with Crippen molar-refractivity contribution >= 4 is 22.6 Å². The second kappa shape index (κ2) is 9.80. The number of carbonyl (C=O) groups excluding carboxylic acids is 1. The Morgan fingerprint density at radius 1 is 1.11 bits per heavy atom. The van der Waals surface area contributed by atoms with Gasteiger partial charge >= 0.3 is 6.03 Å². The minimum Gasteiger partial charge on any atom is -0.493 e. The highest BCUT2D eigenvalue weighted by Crippen LogP contribution is 2.29. The van der Waals surface area contributed by atoms with Gasteiger partial charge in [0, 0.05) is 35.9 Å². The van der Waals surface area contributed by atoms with Crippen LogP contribution in [-0.4, -0.2) is 30.8 Å². The first-order valence-electron chi connectivity index (χ1n) is 9.64. The fourth-order valence-electron chi connectivity index (χ4n) is 3.14. The molecular formula is C22H27N3O3.